The molecule has 1 atom stereocenters. The molecule has 2 aliphatic heterocycles. The van der Waals surface area contributed by atoms with Crippen molar-refractivity contribution in [3.8, 4) is 17.3 Å². The minimum absolute atomic E-state index is 0.0585. The van der Waals surface area contributed by atoms with Gasteiger partial charge in [-0.15, -0.1) is 0 Å². The third kappa shape index (κ3) is 3.22. The van der Waals surface area contributed by atoms with Gasteiger partial charge in [0.2, 0.25) is 0 Å². The number of urea groups is 1. The number of benzene rings is 1. The molecule has 1 fully saturated rings. The van der Waals surface area contributed by atoms with Crippen LogP contribution in [0.25, 0.3) is 11.3 Å². The standard InChI is InChI=1S/C23H20N6O/c24-14-16-5-3-6-17(13-16)19-9-10-20-22(26-19)29(18-7-4-12-28(20)15-18)23(30)27-21-8-1-2-11-25-21/h1-3,5-6,8-11,13,18H,4,7,12,15H2,(H,25,27,30)/t18-/m1/s1. The van der Waals surface area contributed by atoms with Crippen molar-refractivity contribution in [1.29, 1.82) is 5.26 Å². The van der Waals surface area contributed by atoms with E-state index in [9.17, 15) is 10.1 Å². The van der Waals surface area contributed by atoms with Crippen molar-refractivity contribution in [3.05, 3.63) is 66.4 Å². The molecule has 4 heterocycles. The number of aromatic nitrogens is 2. The monoisotopic (exact) mass is 396 g/mol. The average molecular weight is 396 g/mol. The molecule has 1 saturated heterocycles. The van der Waals surface area contributed by atoms with Gasteiger partial charge in [-0.1, -0.05) is 18.2 Å². The Hall–Kier alpha value is -3.92. The number of piperidine rings is 1. The lowest BCUT2D eigenvalue weighted by Crippen LogP contribution is -2.56. The molecule has 2 amide bonds. The van der Waals surface area contributed by atoms with Crippen LogP contribution in [0.5, 0.6) is 0 Å². The number of anilines is 3. The van der Waals surface area contributed by atoms with Gasteiger partial charge in [-0.2, -0.15) is 5.26 Å². The molecule has 0 unspecified atom stereocenters. The Kier molecular flexibility index (Phi) is 4.52. The number of nitrogens with zero attached hydrogens (tertiary/aromatic N) is 5. The van der Waals surface area contributed by atoms with E-state index in [0.29, 0.717) is 17.2 Å². The summed E-state index contributed by atoms with van der Waals surface area (Å²) < 4.78 is 0. The molecule has 7 heteroatoms. The number of hydrogen-bond donors (Lipinski definition) is 1. The van der Waals surface area contributed by atoms with E-state index in [4.69, 9.17) is 4.98 Å². The van der Waals surface area contributed by atoms with Gasteiger partial charge in [0.05, 0.1) is 29.1 Å². The second-order valence-corrected chi connectivity index (χ2v) is 7.49. The number of rotatable bonds is 2. The maximum absolute atomic E-state index is 13.3. The Balaban J connectivity index is 1.56. The van der Waals surface area contributed by atoms with Crippen LogP contribution in [0.2, 0.25) is 0 Å². The van der Waals surface area contributed by atoms with Crippen molar-refractivity contribution in [2.45, 2.75) is 18.9 Å². The highest BCUT2D eigenvalue weighted by atomic mass is 16.2. The fraction of sp³-hybridized carbons (Fsp3) is 0.217. The summed E-state index contributed by atoms with van der Waals surface area (Å²) in [6.45, 7) is 1.76. The first kappa shape index (κ1) is 18.1. The molecule has 1 aromatic carbocycles. The zero-order valence-electron chi connectivity index (χ0n) is 16.3. The number of fused-ring (bicyclic) bond motifs is 4. The van der Waals surface area contributed by atoms with Crippen LogP contribution in [-0.4, -0.2) is 35.1 Å². The first-order valence-electron chi connectivity index (χ1n) is 10.0. The molecule has 0 radical (unpaired) electrons. The van der Waals surface area contributed by atoms with E-state index in [1.807, 2.05) is 42.5 Å². The Morgan fingerprint density at radius 2 is 2.10 bits per heavy atom. The van der Waals surface area contributed by atoms with Gasteiger partial charge in [0.25, 0.3) is 0 Å². The van der Waals surface area contributed by atoms with Crippen LogP contribution in [0.4, 0.5) is 22.1 Å². The number of carbonyl (C=O) groups excluding carboxylic acids is 1. The topological polar surface area (TPSA) is 85.1 Å². The van der Waals surface area contributed by atoms with Gasteiger partial charge >= 0.3 is 6.03 Å². The molecule has 0 aliphatic carbocycles. The highest BCUT2D eigenvalue weighted by Crippen LogP contribution is 2.39. The van der Waals surface area contributed by atoms with Gasteiger partial charge in [-0.05, 0) is 49.2 Å². The first-order valence-corrected chi connectivity index (χ1v) is 10.0. The molecule has 30 heavy (non-hydrogen) atoms. The van der Waals surface area contributed by atoms with Gasteiger partial charge < -0.3 is 4.90 Å². The van der Waals surface area contributed by atoms with E-state index >= 15 is 0 Å². The number of amides is 2. The summed E-state index contributed by atoms with van der Waals surface area (Å²) in [5, 5.41) is 12.1. The number of nitrogens with one attached hydrogen (secondary N) is 1. The Morgan fingerprint density at radius 3 is 2.93 bits per heavy atom. The fourth-order valence-electron chi connectivity index (χ4n) is 4.20. The molecule has 2 aliphatic rings. The summed E-state index contributed by atoms with van der Waals surface area (Å²) in [6.07, 6.45) is 3.62. The van der Waals surface area contributed by atoms with E-state index in [-0.39, 0.29) is 12.1 Å². The van der Waals surface area contributed by atoms with Crippen LogP contribution in [0.1, 0.15) is 18.4 Å². The van der Waals surface area contributed by atoms with Crippen LogP contribution in [0.15, 0.2) is 60.8 Å². The highest BCUT2D eigenvalue weighted by Gasteiger charge is 2.38. The Bertz CT molecular complexity index is 1140. The summed E-state index contributed by atoms with van der Waals surface area (Å²) in [5.41, 5.74) is 3.13. The van der Waals surface area contributed by atoms with Gasteiger partial charge in [-0.3, -0.25) is 10.2 Å². The Labute approximate surface area is 174 Å². The molecule has 3 aromatic rings. The van der Waals surface area contributed by atoms with Gasteiger partial charge in [0, 0.05) is 24.8 Å². The largest absolute Gasteiger partial charge is 0.366 e. The van der Waals surface area contributed by atoms with Gasteiger partial charge in [0.15, 0.2) is 5.82 Å². The molecule has 1 N–H and O–H groups in total. The fourth-order valence-corrected chi connectivity index (χ4v) is 4.20. The van der Waals surface area contributed by atoms with Crippen molar-refractivity contribution in [3.63, 3.8) is 0 Å². The predicted octanol–water partition coefficient (Wildman–Crippen LogP) is 4.04. The second kappa shape index (κ2) is 7.48. The van der Waals surface area contributed by atoms with E-state index < -0.39 is 0 Å². The maximum Gasteiger partial charge on any atom is 0.329 e. The van der Waals surface area contributed by atoms with E-state index in [2.05, 4.69) is 21.3 Å². The van der Waals surface area contributed by atoms with Crippen LogP contribution in [0, 0.1) is 11.3 Å². The zero-order chi connectivity index (χ0) is 20.5. The SMILES string of the molecule is N#Cc1cccc(-c2ccc3c(n2)N(C(=O)Nc2ccccn2)[C@@H]2CCCN3C2)c1. The third-order valence-corrected chi connectivity index (χ3v) is 5.59. The predicted molar refractivity (Wildman–Crippen MR) is 115 cm³/mol. The first-order chi connectivity index (χ1) is 14.7. The van der Waals surface area contributed by atoms with E-state index in [1.165, 1.54) is 0 Å². The summed E-state index contributed by atoms with van der Waals surface area (Å²) in [7, 11) is 0. The molecule has 0 saturated carbocycles. The smallest absolute Gasteiger partial charge is 0.329 e. The quantitative estimate of drug-likeness (QED) is 0.707. The summed E-state index contributed by atoms with van der Waals surface area (Å²) in [5.74, 6) is 1.17. The number of pyridine rings is 2. The van der Waals surface area contributed by atoms with Crippen LogP contribution >= 0.6 is 0 Å². The number of hydrogen-bond acceptors (Lipinski definition) is 5. The highest BCUT2D eigenvalue weighted by molar-refractivity contribution is 6.04. The molecule has 2 aromatic heterocycles. The van der Waals surface area contributed by atoms with Crippen LogP contribution < -0.4 is 15.1 Å². The van der Waals surface area contributed by atoms with Crippen molar-refractivity contribution in [2.24, 2.45) is 0 Å². The molecule has 7 nitrogen and oxygen atoms in total. The van der Waals surface area contributed by atoms with Gasteiger partial charge in [-0.25, -0.2) is 14.8 Å². The Morgan fingerprint density at radius 1 is 1.17 bits per heavy atom. The maximum atomic E-state index is 13.3. The lowest BCUT2D eigenvalue weighted by atomic mass is 9.99. The number of carbonyl (C=O) groups is 1. The van der Waals surface area contributed by atoms with Crippen LogP contribution in [-0.2, 0) is 0 Å². The molecule has 2 bridgehead atoms. The molecular formula is C23H20N6O. The molecule has 5 rings (SSSR count). The minimum atomic E-state index is -0.225. The van der Waals surface area contributed by atoms with Crippen molar-refractivity contribution >= 4 is 23.4 Å². The third-order valence-electron chi connectivity index (χ3n) is 5.59. The van der Waals surface area contributed by atoms with Crippen LogP contribution in [0.3, 0.4) is 0 Å². The lowest BCUT2D eigenvalue weighted by molar-refractivity contribution is 0.252. The summed E-state index contributed by atoms with van der Waals surface area (Å²) in [4.78, 5) is 26.4. The van der Waals surface area contributed by atoms with Crippen molar-refractivity contribution < 1.29 is 4.79 Å². The molecular weight excluding hydrogens is 376 g/mol. The summed E-state index contributed by atoms with van der Waals surface area (Å²) in [6, 6.07) is 18.8. The van der Waals surface area contributed by atoms with Crippen molar-refractivity contribution in [2.75, 3.05) is 28.2 Å². The molecule has 148 valence electrons. The summed E-state index contributed by atoms with van der Waals surface area (Å²) >= 11 is 0. The average Bonchev–Trinajstić information content (AvgIpc) is 2.80. The van der Waals surface area contributed by atoms with E-state index in [1.54, 1.807) is 23.2 Å². The minimum Gasteiger partial charge on any atom is -0.366 e. The van der Waals surface area contributed by atoms with Crippen molar-refractivity contribution in [1.82, 2.24) is 9.97 Å². The molecule has 0 spiro atoms. The lowest BCUT2D eigenvalue weighted by Gasteiger charge is -2.45. The normalized spacial score (nSPS) is 17.1. The zero-order valence-corrected chi connectivity index (χ0v) is 16.3. The number of nitriles is 1. The van der Waals surface area contributed by atoms with Gasteiger partial charge in [0.1, 0.15) is 5.82 Å². The second-order valence-electron chi connectivity index (χ2n) is 7.49. The van der Waals surface area contributed by atoms with E-state index in [0.717, 1.165) is 42.9 Å².